The summed E-state index contributed by atoms with van der Waals surface area (Å²) in [6.07, 6.45) is 1.71. The van der Waals surface area contributed by atoms with E-state index < -0.39 is 6.04 Å². The SMILES string of the molecule is Cc1cccnc1CNC(=O)C(C)N. The van der Waals surface area contributed by atoms with E-state index in [2.05, 4.69) is 10.3 Å². The molecule has 1 amide bonds. The highest BCUT2D eigenvalue weighted by molar-refractivity contribution is 5.80. The smallest absolute Gasteiger partial charge is 0.236 e. The first-order valence-electron chi connectivity index (χ1n) is 4.55. The summed E-state index contributed by atoms with van der Waals surface area (Å²) >= 11 is 0. The van der Waals surface area contributed by atoms with E-state index in [1.807, 2.05) is 19.1 Å². The van der Waals surface area contributed by atoms with Crippen LogP contribution in [0, 0.1) is 6.92 Å². The van der Waals surface area contributed by atoms with E-state index in [1.165, 1.54) is 0 Å². The molecule has 0 aliphatic heterocycles. The summed E-state index contributed by atoms with van der Waals surface area (Å²) in [6, 6.07) is 3.35. The van der Waals surface area contributed by atoms with Crippen molar-refractivity contribution in [1.82, 2.24) is 10.3 Å². The molecule has 4 heteroatoms. The monoisotopic (exact) mass is 193 g/mol. The van der Waals surface area contributed by atoms with Crippen LogP contribution in [0.25, 0.3) is 0 Å². The number of carbonyl (C=O) groups is 1. The number of pyridine rings is 1. The summed E-state index contributed by atoms with van der Waals surface area (Å²) in [5.74, 6) is -0.157. The van der Waals surface area contributed by atoms with Gasteiger partial charge in [0.15, 0.2) is 0 Å². The summed E-state index contributed by atoms with van der Waals surface area (Å²) < 4.78 is 0. The predicted molar refractivity (Wildman–Crippen MR) is 54.5 cm³/mol. The molecule has 0 spiro atoms. The van der Waals surface area contributed by atoms with Crippen molar-refractivity contribution in [3.8, 4) is 0 Å². The van der Waals surface area contributed by atoms with Crippen molar-refractivity contribution >= 4 is 5.91 Å². The minimum Gasteiger partial charge on any atom is -0.349 e. The molecule has 4 nitrogen and oxygen atoms in total. The third kappa shape index (κ3) is 2.81. The number of nitrogens with one attached hydrogen (secondary N) is 1. The number of hydrogen-bond acceptors (Lipinski definition) is 3. The number of nitrogens with two attached hydrogens (primary N) is 1. The molecular weight excluding hydrogens is 178 g/mol. The van der Waals surface area contributed by atoms with Crippen molar-refractivity contribution in [2.45, 2.75) is 26.4 Å². The van der Waals surface area contributed by atoms with Crippen LogP contribution in [0.2, 0.25) is 0 Å². The molecule has 1 heterocycles. The van der Waals surface area contributed by atoms with Crippen LogP contribution in [0.5, 0.6) is 0 Å². The van der Waals surface area contributed by atoms with Crippen LogP contribution >= 0.6 is 0 Å². The van der Waals surface area contributed by atoms with Gasteiger partial charge < -0.3 is 11.1 Å². The highest BCUT2D eigenvalue weighted by Gasteiger charge is 2.07. The van der Waals surface area contributed by atoms with Gasteiger partial charge in [0.25, 0.3) is 0 Å². The van der Waals surface area contributed by atoms with Crippen LogP contribution in [0.4, 0.5) is 0 Å². The molecule has 0 bridgehead atoms. The summed E-state index contributed by atoms with van der Waals surface area (Å²) in [5.41, 5.74) is 7.35. The van der Waals surface area contributed by atoms with Gasteiger partial charge >= 0.3 is 0 Å². The molecule has 3 N–H and O–H groups in total. The zero-order valence-corrected chi connectivity index (χ0v) is 8.45. The number of nitrogens with zero attached hydrogens (tertiary/aromatic N) is 1. The zero-order valence-electron chi connectivity index (χ0n) is 8.45. The van der Waals surface area contributed by atoms with Gasteiger partial charge in [0.2, 0.25) is 5.91 Å². The molecule has 14 heavy (non-hydrogen) atoms. The first kappa shape index (κ1) is 10.7. The maximum atomic E-state index is 11.2. The van der Waals surface area contributed by atoms with Crippen LogP contribution in [-0.4, -0.2) is 16.9 Å². The van der Waals surface area contributed by atoms with E-state index in [0.717, 1.165) is 11.3 Å². The summed E-state index contributed by atoms with van der Waals surface area (Å²) in [5, 5.41) is 2.71. The molecule has 1 rings (SSSR count). The van der Waals surface area contributed by atoms with Crippen molar-refractivity contribution in [1.29, 1.82) is 0 Å². The number of aromatic nitrogens is 1. The van der Waals surface area contributed by atoms with Crippen LogP contribution < -0.4 is 11.1 Å². The maximum absolute atomic E-state index is 11.2. The molecule has 0 saturated carbocycles. The number of rotatable bonds is 3. The number of amides is 1. The van der Waals surface area contributed by atoms with Gasteiger partial charge in [-0.15, -0.1) is 0 Å². The Bertz CT molecular complexity index is 323. The maximum Gasteiger partial charge on any atom is 0.236 e. The molecule has 0 radical (unpaired) electrons. The number of carbonyl (C=O) groups excluding carboxylic acids is 1. The van der Waals surface area contributed by atoms with E-state index >= 15 is 0 Å². The van der Waals surface area contributed by atoms with Gasteiger partial charge in [0, 0.05) is 6.20 Å². The van der Waals surface area contributed by atoms with Crippen molar-refractivity contribution in [3.05, 3.63) is 29.6 Å². The van der Waals surface area contributed by atoms with E-state index in [0.29, 0.717) is 6.54 Å². The summed E-state index contributed by atoms with van der Waals surface area (Å²) in [6.45, 7) is 4.05. The highest BCUT2D eigenvalue weighted by atomic mass is 16.2. The van der Waals surface area contributed by atoms with Crippen molar-refractivity contribution < 1.29 is 4.79 Å². The minimum atomic E-state index is -0.473. The Morgan fingerprint density at radius 3 is 3.00 bits per heavy atom. The average molecular weight is 193 g/mol. The number of aryl methyl sites for hydroxylation is 1. The molecule has 0 fully saturated rings. The van der Waals surface area contributed by atoms with Crippen LogP contribution in [0.15, 0.2) is 18.3 Å². The highest BCUT2D eigenvalue weighted by Crippen LogP contribution is 2.01. The zero-order chi connectivity index (χ0) is 10.6. The number of hydrogen-bond donors (Lipinski definition) is 2. The Morgan fingerprint density at radius 1 is 1.71 bits per heavy atom. The minimum absolute atomic E-state index is 0.157. The standard InChI is InChI=1S/C10H15N3O/c1-7-4-3-5-12-9(7)6-13-10(14)8(2)11/h3-5,8H,6,11H2,1-2H3,(H,13,14). The fraction of sp³-hybridized carbons (Fsp3) is 0.400. The second-order valence-electron chi connectivity index (χ2n) is 3.27. The normalized spacial score (nSPS) is 12.2. The molecule has 76 valence electrons. The first-order valence-corrected chi connectivity index (χ1v) is 4.55. The van der Waals surface area contributed by atoms with Gasteiger partial charge in [-0.1, -0.05) is 6.07 Å². The lowest BCUT2D eigenvalue weighted by Gasteiger charge is -2.08. The molecular formula is C10H15N3O. The van der Waals surface area contributed by atoms with Gasteiger partial charge in [-0.3, -0.25) is 9.78 Å². The van der Waals surface area contributed by atoms with Gasteiger partial charge in [-0.05, 0) is 25.5 Å². The Balaban J connectivity index is 2.54. The second-order valence-corrected chi connectivity index (χ2v) is 3.27. The van der Waals surface area contributed by atoms with Crippen LogP contribution in [0.3, 0.4) is 0 Å². The first-order chi connectivity index (χ1) is 6.61. The third-order valence-corrected chi connectivity index (χ3v) is 1.96. The lowest BCUT2D eigenvalue weighted by Crippen LogP contribution is -2.38. The molecule has 0 aromatic carbocycles. The molecule has 1 aromatic rings. The van der Waals surface area contributed by atoms with Gasteiger partial charge in [0.05, 0.1) is 18.3 Å². The quantitative estimate of drug-likeness (QED) is 0.728. The fourth-order valence-electron chi connectivity index (χ4n) is 1.04. The van der Waals surface area contributed by atoms with Crippen molar-refractivity contribution in [2.75, 3.05) is 0 Å². The van der Waals surface area contributed by atoms with Crippen LogP contribution in [0.1, 0.15) is 18.2 Å². The summed E-state index contributed by atoms with van der Waals surface area (Å²) in [4.78, 5) is 15.3. The van der Waals surface area contributed by atoms with Gasteiger partial charge in [-0.25, -0.2) is 0 Å². The van der Waals surface area contributed by atoms with E-state index in [1.54, 1.807) is 13.1 Å². The molecule has 0 saturated heterocycles. The Hall–Kier alpha value is -1.42. The summed E-state index contributed by atoms with van der Waals surface area (Å²) in [7, 11) is 0. The third-order valence-electron chi connectivity index (χ3n) is 1.96. The largest absolute Gasteiger partial charge is 0.349 e. The fourth-order valence-corrected chi connectivity index (χ4v) is 1.04. The Kier molecular flexibility index (Phi) is 3.59. The van der Waals surface area contributed by atoms with Crippen molar-refractivity contribution in [3.63, 3.8) is 0 Å². The Labute approximate surface area is 83.5 Å². The van der Waals surface area contributed by atoms with Gasteiger partial charge in [0.1, 0.15) is 0 Å². The molecule has 1 aromatic heterocycles. The second kappa shape index (κ2) is 4.72. The Morgan fingerprint density at radius 2 is 2.43 bits per heavy atom. The van der Waals surface area contributed by atoms with E-state index in [4.69, 9.17) is 5.73 Å². The van der Waals surface area contributed by atoms with E-state index in [9.17, 15) is 4.79 Å². The lowest BCUT2D eigenvalue weighted by atomic mass is 10.2. The average Bonchev–Trinajstić information content (AvgIpc) is 2.16. The molecule has 0 aliphatic rings. The topological polar surface area (TPSA) is 68.0 Å². The van der Waals surface area contributed by atoms with Crippen LogP contribution in [-0.2, 0) is 11.3 Å². The van der Waals surface area contributed by atoms with E-state index in [-0.39, 0.29) is 5.91 Å². The van der Waals surface area contributed by atoms with Crippen molar-refractivity contribution in [2.24, 2.45) is 5.73 Å². The lowest BCUT2D eigenvalue weighted by molar-refractivity contribution is -0.122. The molecule has 0 aliphatic carbocycles. The van der Waals surface area contributed by atoms with Gasteiger partial charge in [-0.2, -0.15) is 0 Å². The predicted octanol–water partition coefficient (Wildman–Crippen LogP) is 0.353. The molecule has 1 unspecified atom stereocenters. The molecule has 1 atom stereocenters.